The lowest BCUT2D eigenvalue weighted by Crippen LogP contribution is -2.50. The Morgan fingerprint density at radius 2 is 1.84 bits per heavy atom. The highest BCUT2D eigenvalue weighted by atomic mass is 32.2. The van der Waals surface area contributed by atoms with Gasteiger partial charge in [0, 0.05) is 0 Å². The van der Waals surface area contributed by atoms with Gasteiger partial charge in [0.05, 0.1) is 7.11 Å². The molecule has 0 fully saturated rings. The second-order valence-corrected chi connectivity index (χ2v) is 6.28. The zero-order valence-electron chi connectivity index (χ0n) is 14.6. The number of benzene rings is 1. The van der Waals surface area contributed by atoms with Gasteiger partial charge in [0.1, 0.15) is 18.7 Å². The Kier molecular flexibility index (Phi) is 9.46. The van der Waals surface area contributed by atoms with Gasteiger partial charge in [-0.05, 0) is 30.9 Å². The van der Waals surface area contributed by atoms with E-state index in [2.05, 4.69) is 15.4 Å². The molecule has 0 heterocycles. The van der Waals surface area contributed by atoms with E-state index >= 15 is 0 Å². The molecule has 0 radical (unpaired) electrons. The van der Waals surface area contributed by atoms with E-state index in [9.17, 15) is 14.4 Å². The van der Waals surface area contributed by atoms with Gasteiger partial charge in [-0.2, -0.15) is 11.8 Å². The summed E-state index contributed by atoms with van der Waals surface area (Å²) in [6.45, 7) is 1.63. The number of nitrogens with one attached hydrogen (secondary N) is 2. The summed E-state index contributed by atoms with van der Waals surface area (Å²) in [5.41, 5.74) is 0.845. The number of carbonyl (C=O) groups excluding carboxylic acids is 3. The zero-order valence-corrected chi connectivity index (χ0v) is 15.4. The highest BCUT2D eigenvalue weighted by Crippen LogP contribution is 2.04. The number of ether oxygens (including phenoxy) is 2. The minimum atomic E-state index is -0.843. The molecule has 1 aromatic carbocycles. The average molecular weight is 368 g/mol. The second kappa shape index (κ2) is 11.4. The molecule has 25 heavy (non-hydrogen) atoms. The lowest BCUT2D eigenvalue weighted by molar-refractivity contribution is -0.145. The first kappa shape index (κ1) is 20.8. The predicted molar refractivity (Wildman–Crippen MR) is 96.2 cm³/mol. The molecule has 0 saturated heterocycles. The summed E-state index contributed by atoms with van der Waals surface area (Å²) in [4.78, 5) is 35.6. The van der Waals surface area contributed by atoms with Gasteiger partial charge in [-0.25, -0.2) is 9.59 Å². The minimum absolute atomic E-state index is 0.111. The molecule has 0 saturated carbocycles. The van der Waals surface area contributed by atoms with Gasteiger partial charge in [-0.3, -0.25) is 4.79 Å². The molecule has 0 unspecified atom stereocenters. The van der Waals surface area contributed by atoms with E-state index in [1.165, 1.54) is 14.0 Å². The van der Waals surface area contributed by atoms with Gasteiger partial charge >= 0.3 is 12.1 Å². The third kappa shape index (κ3) is 7.93. The largest absolute Gasteiger partial charge is 0.467 e. The van der Waals surface area contributed by atoms with Gasteiger partial charge in [-0.1, -0.05) is 30.3 Å². The lowest BCUT2D eigenvalue weighted by atomic mass is 10.2. The number of hydrogen-bond donors (Lipinski definition) is 2. The Morgan fingerprint density at radius 3 is 2.44 bits per heavy atom. The fourth-order valence-electron chi connectivity index (χ4n) is 1.93. The topological polar surface area (TPSA) is 93.7 Å². The number of amides is 2. The SMILES string of the molecule is COC(=O)[C@H](CCSC)NC(=O)[C@H](C)NC(=O)OCc1ccccc1. The molecule has 8 heteroatoms. The monoisotopic (exact) mass is 368 g/mol. The van der Waals surface area contributed by atoms with Crippen LogP contribution in [0.15, 0.2) is 30.3 Å². The summed E-state index contributed by atoms with van der Waals surface area (Å²) < 4.78 is 9.75. The Bertz CT molecular complexity index is 567. The Labute approximate surface area is 151 Å². The van der Waals surface area contributed by atoms with Crippen molar-refractivity contribution in [2.45, 2.75) is 32.0 Å². The highest BCUT2D eigenvalue weighted by Gasteiger charge is 2.24. The van der Waals surface area contributed by atoms with Crippen LogP contribution in [-0.4, -0.2) is 49.2 Å². The smallest absolute Gasteiger partial charge is 0.408 e. The van der Waals surface area contributed by atoms with Crippen molar-refractivity contribution >= 4 is 29.7 Å². The Hall–Kier alpha value is -2.22. The Balaban J connectivity index is 2.45. The molecule has 0 bridgehead atoms. The summed E-state index contributed by atoms with van der Waals surface area (Å²) in [6, 6.07) is 7.62. The number of alkyl carbamates (subject to hydrolysis) is 1. The number of esters is 1. The van der Waals surface area contributed by atoms with Crippen molar-refractivity contribution in [2.24, 2.45) is 0 Å². The number of methoxy groups -OCH3 is 1. The molecule has 2 amide bonds. The van der Waals surface area contributed by atoms with Gasteiger partial charge in [0.2, 0.25) is 5.91 Å². The van der Waals surface area contributed by atoms with Crippen LogP contribution in [0.2, 0.25) is 0 Å². The Morgan fingerprint density at radius 1 is 1.16 bits per heavy atom. The third-order valence-electron chi connectivity index (χ3n) is 3.35. The summed E-state index contributed by atoms with van der Waals surface area (Å²) in [5, 5.41) is 5.02. The van der Waals surface area contributed by atoms with Crippen molar-refractivity contribution in [3.8, 4) is 0 Å². The second-order valence-electron chi connectivity index (χ2n) is 5.29. The van der Waals surface area contributed by atoms with Crippen LogP contribution in [0.25, 0.3) is 0 Å². The van der Waals surface area contributed by atoms with Crippen LogP contribution in [0.1, 0.15) is 18.9 Å². The molecular formula is C17H24N2O5S. The molecule has 1 rings (SSSR count). The van der Waals surface area contributed by atoms with Crippen LogP contribution < -0.4 is 10.6 Å². The molecule has 2 atom stereocenters. The molecule has 7 nitrogen and oxygen atoms in total. The predicted octanol–water partition coefficient (Wildman–Crippen LogP) is 1.71. The van der Waals surface area contributed by atoms with Crippen LogP contribution in [0.5, 0.6) is 0 Å². The average Bonchev–Trinajstić information content (AvgIpc) is 2.63. The van der Waals surface area contributed by atoms with E-state index in [0.717, 1.165) is 5.56 Å². The van der Waals surface area contributed by atoms with Gasteiger partial charge in [-0.15, -0.1) is 0 Å². The van der Waals surface area contributed by atoms with Crippen molar-refractivity contribution in [1.29, 1.82) is 0 Å². The van der Waals surface area contributed by atoms with Gasteiger partial charge < -0.3 is 20.1 Å². The van der Waals surface area contributed by atoms with Crippen molar-refractivity contribution < 1.29 is 23.9 Å². The van der Waals surface area contributed by atoms with Crippen LogP contribution >= 0.6 is 11.8 Å². The summed E-state index contributed by atoms with van der Waals surface area (Å²) >= 11 is 1.56. The number of hydrogen-bond acceptors (Lipinski definition) is 6. The van der Waals surface area contributed by atoms with Gasteiger partial charge in [0.15, 0.2) is 0 Å². The first-order valence-corrected chi connectivity index (χ1v) is 9.21. The van der Waals surface area contributed by atoms with Gasteiger partial charge in [0.25, 0.3) is 0 Å². The van der Waals surface area contributed by atoms with Crippen molar-refractivity contribution in [3.63, 3.8) is 0 Å². The first-order valence-electron chi connectivity index (χ1n) is 7.82. The van der Waals surface area contributed by atoms with Crippen molar-refractivity contribution in [1.82, 2.24) is 10.6 Å². The van der Waals surface area contributed by atoms with E-state index in [1.54, 1.807) is 11.8 Å². The van der Waals surface area contributed by atoms with Crippen LogP contribution in [0.4, 0.5) is 4.79 Å². The van der Waals surface area contributed by atoms with Crippen molar-refractivity contribution in [3.05, 3.63) is 35.9 Å². The number of rotatable bonds is 9. The van der Waals surface area contributed by atoms with E-state index in [-0.39, 0.29) is 6.61 Å². The molecule has 1 aromatic rings. The quantitative estimate of drug-likeness (QED) is 0.645. The molecular weight excluding hydrogens is 344 g/mol. The maximum Gasteiger partial charge on any atom is 0.408 e. The normalized spacial score (nSPS) is 12.6. The van der Waals surface area contributed by atoms with Crippen LogP contribution in [0, 0.1) is 0 Å². The first-order chi connectivity index (χ1) is 12.0. The van der Waals surface area contributed by atoms with Crippen LogP contribution in [-0.2, 0) is 25.7 Å². The molecule has 0 aliphatic heterocycles. The molecule has 0 aliphatic rings. The summed E-state index contributed by atoms with van der Waals surface area (Å²) in [5.74, 6) is -0.296. The summed E-state index contributed by atoms with van der Waals surface area (Å²) in [6.07, 6.45) is 1.65. The maximum absolute atomic E-state index is 12.2. The number of thioether (sulfide) groups is 1. The van der Waals surface area contributed by atoms with Crippen molar-refractivity contribution in [2.75, 3.05) is 19.1 Å². The summed E-state index contributed by atoms with van der Waals surface area (Å²) in [7, 11) is 1.27. The molecule has 0 aliphatic carbocycles. The molecule has 138 valence electrons. The highest BCUT2D eigenvalue weighted by molar-refractivity contribution is 7.98. The minimum Gasteiger partial charge on any atom is -0.467 e. The molecule has 2 N–H and O–H groups in total. The van der Waals surface area contributed by atoms with Crippen LogP contribution in [0.3, 0.4) is 0 Å². The number of carbonyl (C=O) groups is 3. The lowest BCUT2D eigenvalue weighted by Gasteiger charge is -2.19. The standard InChI is InChI=1S/C17H24N2O5S/c1-12(15(20)19-14(9-10-25-3)16(21)23-2)18-17(22)24-11-13-7-5-4-6-8-13/h4-8,12,14H,9-11H2,1-3H3,(H,18,22)(H,19,20)/t12-,14-/m0/s1. The molecule has 0 spiro atoms. The van der Waals surface area contributed by atoms with E-state index in [1.807, 2.05) is 36.6 Å². The van der Waals surface area contributed by atoms with E-state index in [4.69, 9.17) is 4.74 Å². The maximum atomic E-state index is 12.2. The zero-order chi connectivity index (χ0) is 18.7. The third-order valence-corrected chi connectivity index (χ3v) is 4.00. The molecule has 0 aromatic heterocycles. The van der Waals surface area contributed by atoms with E-state index in [0.29, 0.717) is 12.2 Å². The fourth-order valence-corrected chi connectivity index (χ4v) is 2.40. The van der Waals surface area contributed by atoms with E-state index < -0.39 is 30.1 Å². The fraction of sp³-hybridized carbons (Fsp3) is 0.471.